The molecule has 1 unspecified atom stereocenters. The summed E-state index contributed by atoms with van der Waals surface area (Å²) in [6, 6.07) is 8.99. The summed E-state index contributed by atoms with van der Waals surface area (Å²) < 4.78 is 11.5. The highest BCUT2D eigenvalue weighted by molar-refractivity contribution is 5.82. The van der Waals surface area contributed by atoms with Crippen LogP contribution in [0.25, 0.3) is 0 Å². The summed E-state index contributed by atoms with van der Waals surface area (Å²) in [5, 5.41) is 11.6. The molecule has 1 aromatic rings. The third kappa shape index (κ3) is 3.82. The molecule has 30 heavy (non-hydrogen) atoms. The van der Waals surface area contributed by atoms with Crippen molar-refractivity contribution in [3.63, 3.8) is 0 Å². The quantitative estimate of drug-likeness (QED) is 0.748. The average molecular weight is 416 g/mol. The number of aliphatic hydroxyl groups is 1. The zero-order valence-corrected chi connectivity index (χ0v) is 18.2. The van der Waals surface area contributed by atoms with Gasteiger partial charge in [0.2, 0.25) is 0 Å². The number of amides is 1. The molecule has 1 aliphatic carbocycles. The summed E-state index contributed by atoms with van der Waals surface area (Å²) in [4.78, 5) is 27.8. The van der Waals surface area contributed by atoms with Gasteiger partial charge in [0.25, 0.3) is 0 Å². The number of esters is 1. The summed E-state index contributed by atoms with van der Waals surface area (Å²) in [6.07, 6.45) is 5.16. The number of carbonyl (C=O) groups is 2. The molecule has 3 fully saturated rings. The fourth-order valence-electron chi connectivity index (χ4n) is 5.44. The summed E-state index contributed by atoms with van der Waals surface area (Å²) in [6.45, 7) is 5.55. The standard InChI is InChI=1S/C24H33NO5/c1-23(2,3)30-22(27)25-18-13-14-19(25)20(15-18)29-21(26)24(28,17-11-7-8-12-17)16-9-5-4-6-10-16/h4-6,9-10,17-20,28H,7-8,11-15H2,1-3H3/t18?,19-,20-,24+/m0/s1. The van der Waals surface area contributed by atoms with Crippen molar-refractivity contribution in [3.05, 3.63) is 35.9 Å². The van der Waals surface area contributed by atoms with Crippen LogP contribution in [0.4, 0.5) is 4.79 Å². The molecule has 3 aliphatic rings. The van der Waals surface area contributed by atoms with E-state index in [2.05, 4.69) is 0 Å². The monoisotopic (exact) mass is 415 g/mol. The number of ether oxygens (including phenoxy) is 2. The first-order chi connectivity index (χ1) is 14.2. The predicted octanol–water partition coefficient (Wildman–Crippen LogP) is 4.15. The minimum absolute atomic E-state index is 0.0268. The van der Waals surface area contributed by atoms with Crippen molar-refractivity contribution in [1.29, 1.82) is 0 Å². The Morgan fingerprint density at radius 1 is 1.03 bits per heavy atom. The van der Waals surface area contributed by atoms with Crippen molar-refractivity contribution in [3.8, 4) is 0 Å². The van der Waals surface area contributed by atoms with Crippen molar-refractivity contribution < 1.29 is 24.2 Å². The Balaban J connectivity index is 1.52. The van der Waals surface area contributed by atoms with Gasteiger partial charge in [-0.05, 0) is 52.0 Å². The largest absolute Gasteiger partial charge is 0.458 e. The minimum atomic E-state index is -1.64. The minimum Gasteiger partial charge on any atom is -0.458 e. The first kappa shape index (κ1) is 21.2. The van der Waals surface area contributed by atoms with Crippen molar-refractivity contribution in [1.82, 2.24) is 4.90 Å². The van der Waals surface area contributed by atoms with Crippen molar-refractivity contribution in [2.75, 3.05) is 0 Å². The molecule has 1 amide bonds. The molecule has 2 aliphatic heterocycles. The molecule has 0 aromatic heterocycles. The lowest BCUT2D eigenvalue weighted by molar-refractivity contribution is -0.180. The molecule has 4 atom stereocenters. The summed E-state index contributed by atoms with van der Waals surface area (Å²) >= 11 is 0. The molecule has 6 heteroatoms. The molecule has 2 heterocycles. The van der Waals surface area contributed by atoms with E-state index in [0.29, 0.717) is 12.0 Å². The summed E-state index contributed by atoms with van der Waals surface area (Å²) in [5.41, 5.74) is -1.62. The zero-order valence-electron chi connectivity index (χ0n) is 18.2. The van der Waals surface area contributed by atoms with Gasteiger partial charge in [0.1, 0.15) is 11.7 Å². The first-order valence-corrected chi connectivity index (χ1v) is 11.2. The molecule has 1 N–H and O–H groups in total. The topological polar surface area (TPSA) is 76.1 Å². The molecule has 0 radical (unpaired) electrons. The van der Waals surface area contributed by atoms with Gasteiger partial charge < -0.3 is 14.6 Å². The highest BCUT2D eigenvalue weighted by atomic mass is 16.6. The number of rotatable bonds is 4. The van der Waals surface area contributed by atoms with Gasteiger partial charge in [-0.2, -0.15) is 0 Å². The molecule has 1 saturated carbocycles. The van der Waals surface area contributed by atoms with Crippen LogP contribution in [0.1, 0.15) is 71.3 Å². The van der Waals surface area contributed by atoms with Gasteiger partial charge >= 0.3 is 12.1 Å². The van der Waals surface area contributed by atoms with E-state index >= 15 is 0 Å². The van der Waals surface area contributed by atoms with E-state index in [1.54, 1.807) is 17.0 Å². The van der Waals surface area contributed by atoms with Crippen LogP contribution in [0, 0.1) is 5.92 Å². The van der Waals surface area contributed by atoms with Crippen molar-refractivity contribution in [2.24, 2.45) is 5.92 Å². The molecular weight excluding hydrogens is 382 g/mol. The van der Waals surface area contributed by atoms with Crippen LogP contribution in [-0.2, 0) is 19.9 Å². The number of hydrogen-bond acceptors (Lipinski definition) is 5. The fourth-order valence-corrected chi connectivity index (χ4v) is 5.44. The number of benzene rings is 1. The second-order valence-electron chi connectivity index (χ2n) is 9.98. The molecular formula is C24H33NO5. The third-order valence-corrected chi connectivity index (χ3v) is 6.81. The molecule has 2 saturated heterocycles. The molecule has 2 bridgehead atoms. The van der Waals surface area contributed by atoms with E-state index in [1.165, 1.54) is 0 Å². The van der Waals surface area contributed by atoms with Crippen LogP contribution in [-0.4, -0.2) is 45.9 Å². The van der Waals surface area contributed by atoms with Gasteiger partial charge in [-0.25, -0.2) is 9.59 Å². The van der Waals surface area contributed by atoms with E-state index in [0.717, 1.165) is 38.5 Å². The predicted molar refractivity (Wildman–Crippen MR) is 112 cm³/mol. The maximum Gasteiger partial charge on any atom is 0.410 e. The maximum atomic E-state index is 13.4. The van der Waals surface area contributed by atoms with Gasteiger partial charge in [0, 0.05) is 18.4 Å². The lowest BCUT2D eigenvalue weighted by atomic mass is 9.80. The number of fused-ring (bicyclic) bond motifs is 2. The summed E-state index contributed by atoms with van der Waals surface area (Å²) in [7, 11) is 0. The van der Waals surface area contributed by atoms with Crippen LogP contribution in [0.5, 0.6) is 0 Å². The Morgan fingerprint density at radius 3 is 2.33 bits per heavy atom. The maximum absolute atomic E-state index is 13.4. The number of hydrogen-bond donors (Lipinski definition) is 1. The second kappa shape index (κ2) is 7.88. The lowest BCUT2D eigenvalue weighted by Gasteiger charge is -2.34. The fraction of sp³-hybridized carbons (Fsp3) is 0.667. The smallest absolute Gasteiger partial charge is 0.410 e. The molecule has 4 rings (SSSR count). The van der Waals surface area contributed by atoms with E-state index in [4.69, 9.17) is 9.47 Å². The van der Waals surface area contributed by atoms with Crippen LogP contribution in [0.3, 0.4) is 0 Å². The molecule has 164 valence electrons. The van der Waals surface area contributed by atoms with E-state index < -0.39 is 23.3 Å². The average Bonchev–Trinajstić information content (AvgIpc) is 3.43. The summed E-state index contributed by atoms with van der Waals surface area (Å²) in [5.74, 6) is -0.727. The SMILES string of the molecule is CC(C)(C)OC(=O)N1C2CC[C@H]1[C@@H](OC(=O)[C@@](O)(c1ccccc1)C1CCCC1)C2. The third-order valence-electron chi connectivity index (χ3n) is 6.81. The normalized spacial score (nSPS) is 28.4. The Morgan fingerprint density at radius 2 is 1.70 bits per heavy atom. The van der Waals surface area contributed by atoms with E-state index in [-0.39, 0.29) is 24.1 Å². The molecule has 6 nitrogen and oxygen atoms in total. The van der Waals surface area contributed by atoms with Crippen LogP contribution < -0.4 is 0 Å². The Labute approximate surface area is 178 Å². The Hall–Kier alpha value is -2.08. The van der Waals surface area contributed by atoms with Gasteiger partial charge in [-0.1, -0.05) is 43.2 Å². The van der Waals surface area contributed by atoms with Crippen molar-refractivity contribution >= 4 is 12.1 Å². The highest BCUT2D eigenvalue weighted by Crippen LogP contribution is 2.44. The van der Waals surface area contributed by atoms with Gasteiger partial charge in [0.05, 0.1) is 6.04 Å². The van der Waals surface area contributed by atoms with Gasteiger partial charge in [-0.15, -0.1) is 0 Å². The van der Waals surface area contributed by atoms with Crippen molar-refractivity contribution in [2.45, 2.75) is 95.1 Å². The van der Waals surface area contributed by atoms with E-state index in [9.17, 15) is 14.7 Å². The Bertz CT molecular complexity index is 783. The van der Waals surface area contributed by atoms with Gasteiger partial charge in [-0.3, -0.25) is 4.90 Å². The second-order valence-corrected chi connectivity index (χ2v) is 9.98. The Kier molecular flexibility index (Phi) is 5.56. The molecule has 0 spiro atoms. The van der Waals surface area contributed by atoms with Gasteiger partial charge in [0.15, 0.2) is 5.60 Å². The van der Waals surface area contributed by atoms with E-state index in [1.807, 2.05) is 39.0 Å². The number of carbonyl (C=O) groups excluding carboxylic acids is 2. The van der Waals surface area contributed by atoms with Crippen LogP contribution >= 0.6 is 0 Å². The van der Waals surface area contributed by atoms with Crippen LogP contribution in [0.2, 0.25) is 0 Å². The molecule has 1 aromatic carbocycles. The zero-order chi connectivity index (χ0) is 21.5. The highest BCUT2D eigenvalue weighted by Gasteiger charge is 2.54. The lowest BCUT2D eigenvalue weighted by Crippen LogP contribution is -2.47. The van der Waals surface area contributed by atoms with Crippen LogP contribution in [0.15, 0.2) is 30.3 Å². The first-order valence-electron chi connectivity index (χ1n) is 11.2. The number of nitrogens with zero attached hydrogens (tertiary/aromatic N) is 1.